The van der Waals surface area contributed by atoms with Gasteiger partial charge in [-0.05, 0) is 24.6 Å². The van der Waals surface area contributed by atoms with Gasteiger partial charge in [-0.15, -0.1) is 0 Å². The zero-order chi connectivity index (χ0) is 17.6. The maximum absolute atomic E-state index is 12.8. The summed E-state index contributed by atoms with van der Waals surface area (Å²) in [5.74, 6) is -0.974. The van der Waals surface area contributed by atoms with Crippen molar-refractivity contribution in [2.75, 3.05) is 30.5 Å². The third-order valence-corrected chi connectivity index (χ3v) is 5.74. The molecule has 2 fully saturated rings. The fraction of sp³-hybridized carbons (Fsp3) is 0.467. The lowest BCUT2D eigenvalue weighted by molar-refractivity contribution is -0.144. The van der Waals surface area contributed by atoms with Crippen molar-refractivity contribution in [3.05, 3.63) is 24.0 Å². The Kier molecular flexibility index (Phi) is 3.92. The second-order valence-corrected chi connectivity index (χ2v) is 7.17. The minimum atomic E-state index is -4.48. The summed E-state index contributed by atoms with van der Waals surface area (Å²) in [6.07, 6.45) is -1.36. The van der Waals surface area contributed by atoms with Gasteiger partial charge in [0.25, 0.3) is 0 Å². The van der Waals surface area contributed by atoms with E-state index >= 15 is 0 Å². The average molecular weight is 368 g/mol. The number of anilines is 1. The van der Waals surface area contributed by atoms with Gasteiger partial charge in [-0.2, -0.15) is 18.4 Å². The van der Waals surface area contributed by atoms with E-state index in [1.54, 1.807) is 35.2 Å². The van der Waals surface area contributed by atoms with Crippen LogP contribution in [0.25, 0.3) is 11.0 Å². The quantitative estimate of drug-likeness (QED) is 0.650. The zero-order valence-corrected chi connectivity index (χ0v) is 13.9. The Morgan fingerprint density at radius 3 is 2.84 bits per heavy atom. The largest absolute Gasteiger partial charge is 0.449 e. The van der Waals surface area contributed by atoms with Crippen LogP contribution in [0.5, 0.6) is 0 Å². The normalized spacial score (nSPS) is 22.1. The van der Waals surface area contributed by atoms with Gasteiger partial charge in [0.2, 0.25) is 5.82 Å². The Hall–Kier alpha value is -2.12. The molecule has 1 aromatic carbocycles. The number of nitrogens with zero attached hydrogens (tertiary/aromatic N) is 5. The van der Waals surface area contributed by atoms with Crippen LogP contribution in [0.3, 0.4) is 0 Å². The molecule has 2 saturated heterocycles. The molecule has 4 rings (SSSR count). The lowest BCUT2D eigenvalue weighted by atomic mass is 10.2. The maximum atomic E-state index is 12.8. The number of halogens is 3. The standard InChI is InChI=1S/C15H15F3N6S/c16-15(17,18)14-20-12-2-1-10(7-13(12)21-14)23-5-6-24(25-23)11-3-4-22(8-11)9-19/h1-2,7,11H,3-6,8H2,(H,20,21). The number of nitrogens with one attached hydrogen (secondary N) is 1. The number of H-pyrrole nitrogens is 1. The van der Waals surface area contributed by atoms with Crippen molar-refractivity contribution in [3.63, 3.8) is 0 Å². The Bertz CT molecular complexity index is 829. The van der Waals surface area contributed by atoms with Crippen LogP contribution in [0.4, 0.5) is 18.9 Å². The molecule has 2 aliphatic rings. The highest BCUT2D eigenvalue weighted by Gasteiger charge is 2.35. The van der Waals surface area contributed by atoms with E-state index in [1.165, 1.54) is 0 Å². The van der Waals surface area contributed by atoms with E-state index in [1.807, 2.05) is 0 Å². The molecule has 0 radical (unpaired) electrons. The SMILES string of the molecule is N#CN1CCC(N2CCN(c3ccc4nc(C(F)(F)F)[nH]c4c3)S2)C1. The van der Waals surface area contributed by atoms with Crippen LogP contribution in [0, 0.1) is 11.5 Å². The van der Waals surface area contributed by atoms with Gasteiger partial charge in [0.05, 0.1) is 16.7 Å². The smallest absolute Gasteiger partial charge is 0.334 e. The molecular weight excluding hydrogens is 353 g/mol. The highest BCUT2D eigenvalue weighted by atomic mass is 32.2. The van der Waals surface area contributed by atoms with Gasteiger partial charge in [-0.25, -0.2) is 9.29 Å². The van der Waals surface area contributed by atoms with Crippen molar-refractivity contribution in [2.45, 2.75) is 18.6 Å². The number of likely N-dealkylation sites (tertiary alicyclic amines) is 1. The number of fused-ring (bicyclic) bond motifs is 1. The topological polar surface area (TPSA) is 62.2 Å². The van der Waals surface area contributed by atoms with Crippen molar-refractivity contribution < 1.29 is 13.2 Å². The van der Waals surface area contributed by atoms with Gasteiger partial charge >= 0.3 is 6.18 Å². The molecule has 132 valence electrons. The molecule has 1 atom stereocenters. The molecule has 0 aliphatic carbocycles. The van der Waals surface area contributed by atoms with Gasteiger partial charge in [-0.3, -0.25) is 0 Å². The van der Waals surface area contributed by atoms with E-state index in [2.05, 4.69) is 24.8 Å². The van der Waals surface area contributed by atoms with Crippen molar-refractivity contribution in [1.82, 2.24) is 19.2 Å². The van der Waals surface area contributed by atoms with Gasteiger partial charge in [-0.1, -0.05) is 0 Å². The number of aromatic amines is 1. The van der Waals surface area contributed by atoms with E-state index < -0.39 is 12.0 Å². The maximum Gasteiger partial charge on any atom is 0.449 e. The molecule has 6 nitrogen and oxygen atoms in total. The number of rotatable bonds is 2. The third-order valence-electron chi connectivity index (χ3n) is 4.46. The number of hydrogen-bond acceptors (Lipinski definition) is 6. The molecule has 1 aromatic heterocycles. The molecule has 3 heterocycles. The van der Waals surface area contributed by atoms with Crippen LogP contribution in [0.15, 0.2) is 18.2 Å². The van der Waals surface area contributed by atoms with Crippen molar-refractivity contribution in [1.29, 1.82) is 5.26 Å². The third kappa shape index (κ3) is 3.09. The summed E-state index contributed by atoms with van der Waals surface area (Å²) >= 11 is 1.57. The van der Waals surface area contributed by atoms with Gasteiger partial charge in [0.1, 0.15) is 0 Å². The summed E-state index contributed by atoms with van der Waals surface area (Å²) in [4.78, 5) is 7.70. The van der Waals surface area contributed by atoms with Crippen LogP contribution >= 0.6 is 12.1 Å². The molecular formula is C15H15F3N6S. The fourth-order valence-corrected chi connectivity index (χ4v) is 4.27. The van der Waals surface area contributed by atoms with Crippen molar-refractivity contribution >= 4 is 28.9 Å². The van der Waals surface area contributed by atoms with Crippen LogP contribution in [-0.4, -0.2) is 51.4 Å². The highest BCUT2D eigenvalue weighted by Crippen LogP contribution is 2.36. The number of alkyl halides is 3. The summed E-state index contributed by atoms with van der Waals surface area (Å²) in [5, 5.41) is 8.97. The summed E-state index contributed by atoms with van der Waals surface area (Å²) in [7, 11) is 0. The molecule has 2 aromatic rings. The number of aromatic nitrogens is 2. The highest BCUT2D eigenvalue weighted by molar-refractivity contribution is 7.98. The zero-order valence-electron chi connectivity index (χ0n) is 13.1. The number of benzene rings is 1. The lowest BCUT2D eigenvalue weighted by Gasteiger charge is -2.22. The van der Waals surface area contributed by atoms with E-state index in [0.717, 1.165) is 38.3 Å². The van der Waals surface area contributed by atoms with Crippen LogP contribution < -0.4 is 4.31 Å². The molecule has 25 heavy (non-hydrogen) atoms. The predicted molar refractivity (Wildman–Crippen MR) is 88.3 cm³/mol. The molecule has 0 amide bonds. The molecule has 0 bridgehead atoms. The van der Waals surface area contributed by atoms with E-state index in [0.29, 0.717) is 17.1 Å². The van der Waals surface area contributed by atoms with Crippen molar-refractivity contribution in [2.24, 2.45) is 0 Å². The Morgan fingerprint density at radius 2 is 2.12 bits per heavy atom. The number of imidazole rings is 1. The summed E-state index contributed by atoms with van der Waals surface area (Å²) in [5.41, 5.74) is 1.52. The van der Waals surface area contributed by atoms with Gasteiger partial charge < -0.3 is 14.2 Å². The first kappa shape index (κ1) is 16.4. The summed E-state index contributed by atoms with van der Waals surface area (Å²) in [6, 6.07) is 5.41. The van der Waals surface area contributed by atoms with Gasteiger partial charge in [0, 0.05) is 44.4 Å². The number of hydrogen-bond donors (Lipinski definition) is 1. The summed E-state index contributed by atoms with van der Waals surface area (Å²) in [6.45, 7) is 3.13. The Labute approximate surface area is 146 Å². The van der Waals surface area contributed by atoms with E-state index in [4.69, 9.17) is 5.26 Å². The first-order valence-electron chi connectivity index (χ1n) is 7.88. The minimum absolute atomic E-state index is 0.303. The molecule has 2 aliphatic heterocycles. The monoisotopic (exact) mass is 368 g/mol. The van der Waals surface area contributed by atoms with Crippen molar-refractivity contribution in [3.8, 4) is 6.19 Å². The minimum Gasteiger partial charge on any atom is -0.334 e. The first-order chi connectivity index (χ1) is 11.9. The second-order valence-electron chi connectivity index (χ2n) is 6.10. The molecule has 0 spiro atoms. The Balaban J connectivity index is 1.50. The molecule has 0 saturated carbocycles. The van der Waals surface area contributed by atoms with Crippen LogP contribution in [-0.2, 0) is 6.18 Å². The van der Waals surface area contributed by atoms with E-state index in [9.17, 15) is 13.2 Å². The molecule has 1 unspecified atom stereocenters. The van der Waals surface area contributed by atoms with E-state index in [-0.39, 0.29) is 0 Å². The first-order valence-corrected chi connectivity index (χ1v) is 8.61. The van der Waals surface area contributed by atoms with Gasteiger partial charge in [0.15, 0.2) is 6.19 Å². The second kappa shape index (κ2) is 6.00. The average Bonchev–Trinajstić information content (AvgIpc) is 3.30. The Morgan fingerprint density at radius 1 is 1.28 bits per heavy atom. The van der Waals surface area contributed by atoms with Crippen LogP contribution in [0.2, 0.25) is 0 Å². The molecule has 1 N–H and O–H groups in total. The lowest BCUT2D eigenvalue weighted by Crippen LogP contribution is -2.30. The summed E-state index contributed by atoms with van der Waals surface area (Å²) < 4.78 is 42.6. The predicted octanol–water partition coefficient (Wildman–Crippen LogP) is 2.82. The van der Waals surface area contributed by atoms with Crippen LogP contribution in [0.1, 0.15) is 12.2 Å². The number of nitriles is 1. The molecule has 10 heteroatoms. The fourth-order valence-electron chi connectivity index (χ4n) is 3.18.